The normalized spacial score (nSPS) is 15.2. The van der Waals surface area contributed by atoms with Crippen molar-refractivity contribution in [2.75, 3.05) is 18.0 Å². The molecule has 0 aliphatic carbocycles. The number of aryl methyl sites for hydroxylation is 1. The Balaban J connectivity index is 2.08. The molecule has 1 aliphatic heterocycles. The first-order chi connectivity index (χ1) is 8.47. The number of anilines is 1. The van der Waals surface area contributed by atoms with Crippen molar-refractivity contribution in [3.05, 3.63) is 29.8 Å². The zero-order valence-electron chi connectivity index (χ0n) is 11.5. The molecular weight excluding hydrogens is 224 g/mol. The quantitative estimate of drug-likeness (QED) is 0.811. The van der Waals surface area contributed by atoms with Crippen LogP contribution in [0.25, 0.3) is 0 Å². The summed E-state index contributed by atoms with van der Waals surface area (Å²) in [5.41, 5.74) is 2.45. The summed E-state index contributed by atoms with van der Waals surface area (Å²) in [4.78, 5) is 14.1. The van der Waals surface area contributed by atoms with Crippen molar-refractivity contribution in [2.45, 2.75) is 33.6 Å². The third-order valence-corrected chi connectivity index (χ3v) is 3.13. The summed E-state index contributed by atoms with van der Waals surface area (Å²) in [6.45, 7) is 7.88. The number of carbonyl (C=O) groups is 1. The molecule has 1 aromatic rings. The van der Waals surface area contributed by atoms with Crippen LogP contribution in [-0.2, 0) is 6.42 Å². The molecule has 0 atom stereocenters. The van der Waals surface area contributed by atoms with E-state index in [9.17, 15) is 4.79 Å². The fourth-order valence-corrected chi connectivity index (χ4v) is 2.18. The van der Waals surface area contributed by atoms with E-state index >= 15 is 0 Å². The molecule has 1 N–H and O–H groups in total. The molecule has 18 heavy (non-hydrogen) atoms. The van der Waals surface area contributed by atoms with Crippen LogP contribution in [0.3, 0.4) is 0 Å². The van der Waals surface area contributed by atoms with Crippen LogP contribution >= 0.6 is 0 Å². The number of nitrogens with one attached hydrogen (secondary N) is 1. The van der Waals surface area contributed by atoms with E-state index in [-0.39, 0.29) is 11.4 Å². The Hall–Kier alpha value is -1.51. The summed E-state index contributed by atoms with van der Waals surface area (Å²) in [5, 5.41) is 3.02. The maximum absolute atomic E-state index is 12.2. The molecule has 0 unspecified atom stereocenters. The Bertz CT molecular complexity index is 434. The van der Waals surface area contributed by atoms with Crippen LogP contribution in [0.2, 0.25) is 0 Å². The second-order valence-electron chi connectivity index (χ2n) is 6.10. The lowest BCUT2D eigenvalue weighted by atomic mass is 9.97. The summed E-state index contributed by atoms with van der Waals surface area (Å²) in [6, 6.07) is 8.20. The highest BCUT2D eigenvalue weighted by Gasteiger charge is 2.22. The zero-order valence-corrected chi connectivity index (χ0v) is 11.5. The molecular formula is C15H22N2O. The van der Waals surface area contributed by atoms with E-state index in [1.165, 1.54) is 5.56 Å². The number of urea groups is 1. The van der Waals surface area contributed by atoms with Crippen LogP contribution in [-0.4, -0.2) is 19.1 Å². The summed E-state index contributed by atoms with van der Waals surface area (Å²) in [5.74, 6) is 0. The second-order valence-corrected chi connectivity index (χ2v) is 6.10. The van der Waals surface area contributed by atoms with Gasteiger partial charge in [0.15, 0.2) is 0 Å². The van der Waals surface area contributed by atoms with Gasteiger partial charge in [0.05, 0.1) is 0 Å². The van der Waals surface area contributed by atoms with Crippen molar-refractivity contribution in [2.24, 2.45) is 5.41 Å². The average molecular weight is 246 g/mol. The van der Waals surface area contributed by atoms with Gasteiger partial charge in [0.2, 0.25) is 0 Å². The predicted octanol–water partition coefficient (Wildman–Crippen LogP) is 3.19. The van der Waals surface area contributed by atoms with Crippen molar-refractivity contribution in [1.29, 1.82) is 0 Å². The average Bonchev–Trinajstić information content (AvgIpc) is 2.34. The first-order valence-corrected chi connectivity index (χ1v) is 6.61. The maximum atomic E-state index is 12.2. The van der Waals surface area contributed by atoms with E-state index in [4.69, 9.17) is 0 Å². The molecule has 2 amide bonds. The minimum Gasteiger partial charge on any atom is -0.337 e. The Labute approximate surface area is 109 Å². The zero-order chi connectivity index (χ0) is 13.2. The lowest BCUT2D eigenvalue weighted by Crippen LogP contribution is -2.45. The van der Waals surface area contributed by atoms with Crippen LogP contribution in [0, 0.1) is 5.41 Å². The summed E-state index contributed by atoms with van der Waals surface area (Å²) in [6.07, 6.45) is 2.11. The van der Waals surface area contributed by atoms with Crippen LogP contribution in [0.1, 0.15) is 32.8 Å². The van der Waals surface area contributed by atoms with E-state index in [0.717, 1.165) is 25.1 Å². The van der Waals surface area contributed by atoms with Gasteiger partial charge in [-0.2, -0.15) is 0 Å². The number of carbonyl (C=O) groups excluding carboxylic acids is 1. The Morgan fingerprint density at radius 3 is 2.78 bits per heavy atom. The number of hydrogen-bond acceptors (Lipinski definition) is 1. The van der Waals surface area contributed by atoms with Gasteiger partial charge in [-0.15, -0.1) is 0 Å². The lowest BCUT2D eigenvalue weighted by Gasteiger charge is -2.30. The van der Waals surface area contributed by atoms with Gasteiger partial charge >= 0.3 is 6.03 Å². The van der Waals surface area contributed by atoms with Crippen molar-refractivity contribution in [3.8, 4) is 0 Å². The summed E-state index contributed by atoms with van der Waals surface area (Å²) in [7, 11) is 0. The first-order valence-electron chi connectivity index (χ1n) is 6.61. The fraction of sp³-hybridized carbons (Fsp3) is 0.533. The topological polar surface area (TPSA) is 32.3 Å². The molecule has 0 saturated heterocycles. The van der Waals surface area contributed by atoms with Crippen molar-refractivity contribution < 1.29 is 4.79 Å². The van der Waals surface area contributed by atoms with Crippen molar-refractivity contribution in [1.82, 2.24) is 5.32 Å². The number of para-hydroxylation sites is 1. The number of benzene rings is 1. The highest BCUT2D eigenvalue weighted by Crippen LogP contribution is 2.26. The number of amides is 2. The van der Waals surface area contributed by atoms with Crippen molar-refractivity contribution >= 4 is 11.7 Å². The highest BCUT2D eigenvalue weighted by atomic mass is 16.2. The Kier molecular flexibility index (Phi) is 3.60. The van der Waals surface area contributed by atoms with Crippen LogP contribution in [0.5, 0.6) is 0 Å². The number of rotatable bonds is 1. The molecule has 1 heterocycles. The minimum absolute atomic E-state index is 0.0251. The molecule has 2 rings (SSSR count). The Morgan fingerprint density at radius 2 is 2.06 bits per heavy atom. The van der Waals surface area contributed by atoms with Gasteiger partial charge in [-0.25, -0.2) is 4.79 Å². The largest absolute Gasteiger partial charge is 0.337 e. The highest BCUT2D eigenvalue weighted by molar-refractivity contribution is 5.93. The summed E-state index contributed by atoms with van der Waals surface area (Å²) < 4.78 is 0. The monoisotopic (exact) mass is 246 g/mol. The van der Waals surface area contributed by atoms with Gasteiger partial charge < -0.3 is 5.32 Å². The van der Waals surface area contributed by atoms with E-state index in [1.54, 1.807) is 0 Å². The maximum Gasteiger partial charge on any atom is 0.321 e. The van der Waals surface area contributed by atoms with Crippen molar-refractivity contribution in [3.63, 3.8) is 0 Å². The van der Waals surface area contributed by atoms with E-state index in [2.05, 4.69) is 32.2 Å². The first kappa shape index (κ1) is 12.9. The number of hydrogen-bond donors (Lipinski definition) is 1. The van der Waals surface area contributed by atoms with Gasteiger partial charge in [-0.05, 0) is 29.9 Å². The SMILES string of the molecule is CC(C)(C)CNC(=O)N1CCCc2ccccc21. The molecule has 0 radical (unpaired) electrons. The molecule has 98 valence electrons. The molecule has 0 aromatic heterocycles. The predicted molar refractivity (Wildman–Crippen MR) is 75.0 cm³/mol. The number of fused-ring (bicyclic) bond motifs is 1. The molecule has 0 fully saturated rings. The lowest BCUT2D eigenvalue weighted by molar-refractivity contribution is 0.240. The van der Waals surface area contributed by atoms with Crippen LogP contribution in [0.15, 0.2) is 24.3 Å². The summed E-state index contributed by atoms with van der Waals surface area (Å²) >= 11 is 0. The smallest absolute Gasteiger partial charge is 0.321 e. The van der Waals surface area contributed by atoms with E-state index in [1.807, 2.05) is 23.1 Å². The van der Waals surface area contributed by atoms with Crippen LogP contribution in [0.4, 0.5) is 10.5 Å². The molecule has 0 bridgehead atoms. The van der Waals surface area contributed by atoms with Gasteiger partial charge in [-0.3, -0.25) is 4.90 Å². The molecule has 1 aliphatic rings. The standard InChI is InChI=1S/C15H22N2O/c1-15(2,3)11-16-14(18)17-10-6-8-12-7-4-5-9-13(12)17/h4-5,7,9H,6,8,10-11H2,1-3H3,(H,16,18). The molecule has 3 heteroatoms. The third kappa shape index (κ3) is 3.03. The minimum atomic E-state index is 0.0251. The number of nitrogens with zero attached hydrogens (tertiary/aromatic N) is 1. The second kappa shape index (κ2) is 5.01. The molecule has 1 aromatic carbocycles. The van der Waals surface area contributed by atoms with Gasteiger partial charge in [0.1, 0.15) is 0 Å². The van der Waals surface area contributed by atoms with Crippen LogP contribution < -0.4 is 10.2 Å². The van der Waals surface area contributed by atoms with Gasteiger partial charge in [-0.1, -0.05) is 39.0 Å². The van der Waals surface area contributed by atoms with Gasteiger partial charge in [0, 0.05) is 18.8 Å². The van der Waals surface area contributed by atoms with E-state index < -0.39 is 0 Å². The molecule has 3 nitrogen and oxygen atoms in total. The fourth-order valence-electron chi connectivity index (χ4n) is 2.18. The van der Waals surface area contributed by atoms with E-state index in [0.29, 0.717) is 6.54 Å². The van der Waals surface area contributed by atoms with Gasteiger partial charge in [0.25, 0.3) is 0 Å². The Morgan fingerprint density at radius 1 is 1.33 bits per heavy atom. The molecule has 0 spiro atoms. The molecule has 0 saturated carbocycles. The third-order valence-electron chi connectivity index (χ3n) is 3.13.